The van der Waals surface area contributed by atoms with Gasteiger partial charge in [-0.1, -0.05) is 26.0 Å². The Morgan fingerprint density at radius 2 is 1.83 bits per heavy atom. The molecule has 1 aromatic carbocycles. The van der Waals surface area contributed by atoms with Crippen LogP contribution in [0.5, 0.6) is 0 Å². The lowest BCUT2D eigenvalue weighted by Gasteiger charge is -1.97. The molecule has 102 valence electrons. The summed E-state index contributed by atoms with van der Waals surface area (Å²) in [5.74, 6) is 0. The van der Waals surface area contributed by atoms with E-state index in [0.717, 1.165) is 0 Å². The first-order valence-electron chi connectivity index (χ1n) is 6.26. The molecule has 1 aliphatic rings. The summed E-state index contributed by atoms with van der Waals surface area (Å²) in [4.78, 5) is 10.4. The van der Waals surface area contributed by atoms with Crippen molar-refractivity contribution in [3.05, 3.63) is 33.9 Å². The average Bonchev–Trinajstić information content (AvgIpc) is 2.89. The first-order valence-corrected chi connectivity index (χ1v) is 6.71. The van der Waals surface area contributed by atoms with Gasteiger partial charge in [0.15, 0.2) is 0 Å². The molecule has 1 saturated heterocycles. The maximum Gasteiger partial charge on any atom is 0.285 e. The van der Waals surface area contributed by atoms with Gasteiger partial charge >= 0.3 is 0 Å². The lowest BCUT2D eigenvalue weighted by molar-refractivity contribution is -0.388. The van der Waals surface area contributed by atoms with Crippen LogP contribution in [0.15, 0.2) is 23.1 Å². The van der Waals surface area contributed by atoms with E-state index in [4.69, 9.17) is 0 Å². The minimum absolute atomic E-state index is 0.0934. The van der Waals surface area contributed by atoms with Gasteiger partial charge in [-0.2, -0.15) is 0 Å². The zero-order valence-corrected chi connectivity index (χ0v) is 12.2. The first-order chi connectivity index (χ1) is 8.63. The predicted molar refractivity (Wildman–Crippen MR) is 78.5 cm³/mol. The van der Waals surface area contributed by atoms with Crippen molar-refractivity contribution in [1.82, 2.24) is 5.32 Å². The largest absolute Gasteiger partial charge is 0.317 e. The molecule has 5 heteroatoms. The SMILES string of the molecule is C1CCNC1.CC.Cc1cccc(S)c1[N+](=O)[O-]. The fourth-order valence-corrected chi connectivity index (χ4v) is 1.85. The first kappa shape index (κ1) is 16.9. The van der Waals surface area contributed by atoms with E-state index < -0.39 is 4.92 Å². The molecule has 0 saturated carbocycles. The Labute approximate surface area is 114 Å². The van der Waals surface area contributed by atoms with E-state index in [-0.39, 0.29) is 5.69 Å². The summed E-state index contributed by atoms with van der Waals surface area (Å²) in [6, 6.07) is 5.04. The van der Waals surface area contributed by atoms with Crippen LogP contribution in [0.3, 0.4) is 0 Å². The molecule has 0 aliphatic carbocycles. The number of nitro benzene ring substituents is 1. The number of hydrogen-bond donors (Lipinski definition) is 2. The molecule has 18 heavy (non-hydrogen) atoms. The van der Waals surface area contributed by atoms with Crippen LogP contribution in [0.2, 0.25) is 0 Å². The van der Waals surface area contributed by atoms with E-state index in [1.165, 1.54) is 25.9 Å². The zero-order valence-electron chi connectivity index (χ0n) is 11.3. The molecule has 4 nitrogen and oxygen atoms in total. The van der Waals surface area contributed by atoms with Crippen LogP contribution < -0.4 is 5.32 Å². The highest BCUT2D eigenvalue weighted by atomic mass is 32.1. The molecule has 1 aliphatic heterocycles. The van der Waals surface area contributed by atoms with Crippen molar-refractivity contribution in [1.29, 1.82) is 0 Å². The van der Waals surface area contributed by atoms with E-state index >= 15 is 0 Å². The molecule has 2 rings (SSSR count). The van der Waals surface area contributed by atoms with Gasteiger partial charge < -0.3 is 5.32 Å². The highest BCUT2D eigenvalue weighted by Crippen LogP contribution is 2.25. The van der Waals surface area contributed by atoms with Crippen LogP contribution in [0.25, 0.3) is 0 Å². The smallest absolute Gasteiger partial charge is 0.285 e. The van der Waals surface area contributed by atoms with Crippen molar-refractivity contribution < 1.29 is 4.92 Å². The highest BCUT2D eigenvalue weighted by Gasteiger charge is 2.12. The summed E-state index contributed by atoms with van der Waals surface area (Å²) < 4.78 is 0. The molecule has 0 radical (unpaired) electrons. The number of nitrogens with zero attached hydrogens (tertiary/aromatic N) is 1. The standard InChI is InChI=1S/C7H7NO2S.C4H9N.C2H6/c1-5-3-2-4-6(11)7(5)8(9)10;1-2-4-5-3-1;1-2/h2-4,11H,1H3;5H,1-4H2;1-2H3. The molecular formula is C13H22N2O2S. The van der Waals surface area contributed by atoms with Gasteiger partial charge in [0.2, 0.25) is 0 Å². The third kappa shape index (κ3) is 6.02. The molecular weight excluding hydrogens is 248 g/mol. The Kier molecular flexibility index (Phi) is 9.32. The second kappa shape index (κ2) is 9.91. The van der Waals surface area contributed by atoms with Crippen LogP contribution in [0.1, 0.15) is 32.3 Å². The van der Waals surface area contributed by atoms with Gasteiger partial charge in [-0.05, 0) is 38.9 Å². The maximum atomic E-state index is 10.4. The number of nitrogens with one attached hydrogen (secondary N) is 1. The Bertz CT molecular complexity index is 338. The lowest BCUT2D eigenvalue weighted by Crippen LogP contribution is -2.03. The quantitative estimate of drug-likeness (QED) is 0.466. The van der Waals surface area contributed by atoms with E-state index in [2.05, 4.69) is 17.9 Å². The number of nitro groups is 1. The Morgan fingerprint density at radius 1 is 1.28 bits per heavy atom. The fraction of sp³-hybridized carbons (Fsp3) is 0.538. The van der Waals surface area contributed by atoms with E-state index in [9.17, 15) is 10.1 Å². The lowest BCUT2D eigenvalue weighted by atomic mass is 10.2. The van der Waals surface area contributed by atoms with Crippen molar-refractivity contribution in [3.8, 4) is 0 Å². The number of para-hydroxylation sites is 1. The topological polar surface area (TPSA) is 55.2 Å². The van der Waals surface area contributed by atoms with Crippen LogP contribution in [0, 0.1) is 17.0 Å². The summed E-state index contributed by atoms with van der Waals surface area (Å²) in [5.41, 5.74) is 0.735. The summed E-state index contributed by atoms with van der Waals surface area (Å²) >= 11 is 3.97. The normalized spacial score (nSPS) is 12.9. The average molecular weight is 270 g/mol. The van der Waals surface area contributed by atoms with Gasteiger partial charge in [0.1, 0.15) is 0 Å². The number of hydrogen-bond acceptors (Lipinski definition) is 4. The van der Waals surface area contributed by atoms with Crippen molar-refractivity contribution >= 4 is 18.3 Å². The maximum absolute atomic E-state index is 10.4. The summed E-state index contributed by atoms with van der Waals surface area (Å²) in [7, 11) is 0. The molecule has 1 aromatic rings. The molecule has 0 bridgehead atoms. The van der Waals surface area contributed by atoms with Crippen molar-refractivity contribution in [2.45, 2.75) is 38.5 Å². The molecule has 0 spiro atoms. The molecule has 0 atom stereocenters. The third-order valence-corrected chi connectivity index (χ3v) is 2.72. The van der Waals surface area contributed by atoms with Gasteiger partial charge in [0, 0.05) is 5.56 Å². The number of rotatable bonds is 1. The van der Waals surface area contributed by atoms with Crippen LogP contribution >= 0.6 is 12.6 Å². The molecule has 0 unspecified atom stereocenters. The summed E-state index contributed by atoms with van der Waals surface area (Å²) in [6.07, 6.45) is 2.78. The van der Waals surface area contributed by atoms with Crippen LogP contribution in [0.4, 0.5) is 5.69 Å². The van der Waals surface area contributed by atoms with Gasteiger partial charge in [-0.25, -0.2) is 0 Å². The summed E-state index contributed by atoms with van der Waals surface area (Å²) in [6.45, 7) is 8.19. The molecule has 1 heterocycles. The molecule has 1 N–H and O–H groups in total. The minimum Gasteiger partial charge on any atom is -0.317 e. The Hall–Kier alpha value is -1.07. The second-order valence-electron chi connectivity index (χ2n) is 3.66. The van der Waals surface area contributed by atoms with Crippen molar-refractivity contribution in [3.63, 3.8) is 0 Å². The van der Waals surface area contributed by atoms with E-state index in [1.54, 1.807) is 25.1 Å². The van der Waals surface area contributed by atoms with E-state index in [1.807, 2.05) is 13.8 Å². The van der Waals surface area contributed by atoms with Crippen molar-refractivity contribution in [2.24, 2.45) is 0 Å². The van der Waals surface area contributed by atoms with Gasteiger partial charge in [-0.15, -0.1) is 12.6 Å². The second-order valence-corrected chi connectivity index (χ2v) is 4.14. The zero-order chi connectivity index (χ0) is 14.0. The molecule has 1 fully saturated rings. The predicted octanol–water partition coefficient (Wildman–Crippen LogP) is 3.59. The van der Waals surface area contributed by atoms with E-state index in [0.29, 0.717) is 10.5 Å². The Balaban J connectivity index is 0.000000343. The highest BCUT2D eigenvalue weighted by molar-refractivity contribution is 7.80. The monoisotopic (exact) mass is 270 g/mol. The van der Waals surface area contributed by atoms with Crippen molar-refractivity contribution in [2.75, 3.05) is 13.1 Å². The van der Waals surface area contributed by atoms with Gasteiger partial charge in [-0.3, -0.25) is 10.1 Å². The van der Waals surface area contributed by atoms with Crippen LogP contribution in [-0.4, -0.2) is 18.0 Å². The number of thiol groups is 1. The van der Waals surface area contributed by atoms with Gasteiger partial charge in [0.05, 0.1) is 9.82 Å². The Morgan fingerprint density at radius 3 is 2.11 bits per heavy atom. The third-order valence-electron chi connectivity index (χ3n) is 2.36. The number of aryl methyl sites for hydroxylation is 1. The minimum atomic E-state index is -0.419. The van der Waals surface area contributed by atoms with Crippen LogP contribution in [-0.2, 0) is 0 Å². The summed E-state index contributed by atoms with van der Waals surface area (Å²) in [5, 5.41) is 13.6. The fourth-order valence-electron chi connectivity index (χ4n) is 1.51. The molecule has 0 aromatic heterocycles. The molecule has 0 amide bonds. The number of benzene rings is 1. The van der Waals surface area contributed by atoms with Gasteiger partial charge in [0.25, 0.3) is 5.69 Å².